The molecule has 0 amide bonds. The molecule has 1 aromatic rings. The SMILES string of the molecule is CNCC(=O)c1cccc(CCO)c1. The molecule has 0 aliphatic heterocycles. The summed E-state index contributed by atoms with van der Waals surface area (Å²) in [5, 5.41) is 11.6. The number of hydrogen-bond acceptors (Lipinski definition) is 3. The Morgan fingerprint density at radius 2 is 2.29 bits per heavy atom. The first-order valence-corrected chi connectivity index (χ1v) is 4.65. The Hall–Kier alpha value is -1.19. The number of hydrogen-bond donors (Lipinski definition) is 2. The summed E-state index contributed by atoms with van der Waals surface area (Å²) in [5.74, 6) is 0.0762. The van der Waals surface area contributed by atoms with Gasteiger partial charge in [0.25, 0.3) is 0 Å². The molecule has 0 bridgehead atoms. The van der Waals surface area contributed by atoms with Crippen LogP contribution in [0.1, 0.15) is 15.9 Å². The van der Waals surface area contributed by atoms with Crippen LogP contribution in [0.4, 0.5) is 0 Å². The van der Waals surface area contributed by atoms with Gasteiger partial charge in [-0.15, -0.1) is 0 Å². The molecule has 3 nitrogen and oxygen atoms in total. The molecule has 0 saturated carbocycles. The van der Waals surface area contributed by atoms with E-state index in [4.69, 9.17) is 5.11 Å². The Kier molecular flexibility index (Phi) is 4.29. The van der Waals surface area contributed by atoms with Crippen molar-refractivity contribution in [2.24, 2.45) is 0 Å². The van der Waals surface area contributed by atoms with E-state index in [9.17, 15) is 4.79 Å². The molecule has 3 heteroatoms. The van der Waals surface area contributed by atoms with Crippen LogP contribution in [0.2, 0.25) is 0 Å². The Morgan fingerprint density at radius 3 is 2.93 bits per heavy atom. The number of Topliss-reactive ketones (excluding diaryl/α,β-unsaturated/α-hetero) is 1. The molecule has 0 saturated heterocycles. The van der Waals surface area contributed by atoms with Gasteiger partial charge >= 0.3 is 0 Å². The van der Waals surface area contributed by atoms with E-state index < -0.39 is 0 Å². The lowest BCUT2D eigenvalue weighted by atomic mass is 10.1. The summed E-state index contributed by atoms with van der Waals surface area (Å²) in [6, 6.07) is 7.37. The fraction of sp³-hybridized carbons (Fsp3) is 0.364. The molecule has 1 aromatic carbocycles. The second-order valence-corrected chi connectivity index (χ2v) is 3.13. The van der Waals surface area contributed by atoms with Gasteiger partial charge in [-0.05, 0) is 25.1 Å². The Bertz CT molecular complexity index is 310. The number of nitrogens with one attached hydrogen (secondary N) is 1. The zero-order valence-corrected chi connectivity index (χ0v) is 8.29. The van der Waals surface area contributed by atoms with Crippen LogP contribution in [0.3, 0.4) is 0 Å². The van der Waals surface area contributed by atoms with E-state index in [1.165, 1.54) is 0 Å². The lowest BCUT2D eigenvalue weighted by Crippen LogP contribution is -2.18. The van der Waals surface area contributed by atoms with Gasteiger partial charge in [-0.2, -0.15) is 0 Å². The van der Waals surface area contributed by atoms with Gasteiger partial charge in [0.05, 0.1) is 6.54 Å². The van der Waals surface area contributed by atoms with Crippen molar-refractivity contribution >= 4 is 5.78 Å². The summed E-state index contributed by atoms with van der Waals surface area (Å²) in [4.78, 5) is 11.5. The first kappa shape index (κ1) is 10.9. The molecular formula is C11H15NO2. The molecule has 2 N–H and O–H groups in total. The predicted octanol–water partition coefficient (Wildman–Crippen LogP) is 0.624. The fourth-order valence-corrected chi connectivity index (χ4v) is 1.29. The van der Waals surface area contributed by atoms with Gasteiger partial charge in [0, 0.05) is 12.2 Å². The molecule has 0 spiro atoms. The average molecular weight is 193 g/mol. The molecule has 1 rings (SSSR count). The Balaban J connectivity index is 2.77. The number of carbonyl (C=O) groups excluding carboxylic acids is 1. The quantitative estimate of drug-likeness (QED) is 0.674. The maximum atomic E-state index is 11.5. The zero-order chi connectivity index (χ0) is 10.4. The van der Waals surface area contributed by atoms with E-state index in [2.05, 4.69) is 5.32 Å². The smallest absolute Gasteiger partial charge is 0.176 e. The topological polar surface area (TPSA) is 49.3 Å². The van der Waals surface area contributed by atoms with Gasteiger partial charge in [-0.25, -0.2) is 0 Å². The second kappa shape index (κ2) is 5.52. The molecule has 0 aliphatic carbocycles. The van der Waals surface area contributed by atoms with Crippen LogP contribution in [0.5, 0.6) is 0 Å². The molecule has 0 radical (unpaired) electrons. The third-order valence-corrected chi connectivity index (χ3v) is 1.99. The van der Waals surface area contributed by atoms with Crippen LogP contribution < -0.4 is 5.32 Å². The van der Waals surface area contributed by atoms with E-state index in [1.54, 1.807) is 13.1 Å². The first-order valence-electron chi connectivity index (χ1n) is 4.65. The highest BCUT2D eigenvalue weighted by Gasteiger charge is 2.04. The van der Waals surface area contributed by atoms with Crippen LogP contribution in [0, 0.1) is 0 Å². The fourth-order valence-electron chi connectivity index (χ4n) is 1.29. The monoisotopic (exact) mass is 193 g/mol. The van der Waals surface area contributed by atoms with Crippen molar-refractivity contribution in [3.63, 3.8) is 0 Å². The summed E-state index contributed by atoms with van der Waals surface area (Å²) < 4.78 is 0. The average Bonchev–Trinajstić information content (AvgIpc) is 2.19. The van der Waals surface area contributed by atoms with Crippen LogP contribution in [-0.2, 0) is 6.42 Å². The normalized spacial score (nSPS) is 10.1. The van der Waals surface area contributed by atoms with Gasteiger partial charge in [-0.3, -0.25) is 4.79 Å². The zero-order valence-electron chi connectivity index (χ0n) is 8.29. The molecule has 0 unspecified atom stereocenters. The van der Waals surface area contributed by atoms with Crippen molar-refractivity contribution < 1.29 is 9.90 Å². The summed E-state index contributed by atoms with van der Waals surface area (Å²) in [7, 11) is 1.75. The van der Waals surface area contributed by atoms with Crippen LogP contribution in [0.15, 0.2) is 24.3 Å². The third kappa shape index (κ3) is 2.94. The Labute approximate surface area is 83.8 Å². The largest absolute Gasteiger partial charge is 0.396 e. The minimum absolute atomic E-state index is 0.0762. The molecule has 0 heterocycles. The van der Waals surface area contributed by atoms with Crippen LogP contribution in [-0.4, -0.2) is 31.1 Å². The summed E-state index contributed by atoms with van der Waals surface area (Å²) in [6.45, 7) is 0.465. The summed E-state index contributed by atoms with van der Waals surface area (Å²) >= 11 is 0. The van der Waals surface area contributed by atoms with Gasteiger partial charge in [0.15, 0.2) is 5.78 Å². The van der Waals surface area contributed by atoms with Crippen molar-refractivity contribution in [3.8, 4) is 0 Å². The van der Waals surface area contributed by atoms with Crippen molar-refractivity contribution in [1.82, 2.24) is 5.32 Å². The summed E-state index contributed by atoms with van der Waals surface area (Å²) in [5.41, 5.74) is 1.69. The van der Waals surface area contributed by atoms with E-state index in [0.29, 0.717) is 18.5 Å². The number of likely N-dealkylation sites (N-methyl/N-ethyl adjacent to an activating group) is 1. The van der Waals surface area contributed by atoms with Gasteiger partial charge in [-0.1, -0.05) is 18.2 Å². The molecular weight excluding hydrogens is 178 g/mol. The highest BCUT2D eigenvalue weighted by atomic mass is 16.2. The molecule has 14 heavy (non-hydrogen) atoms. The maximum Gasteiger partial charge on any atom is 0.176 e. The van der Waals surface area contributed by atoms with Crippen molar-refractivity contribution in [1.29, 1.82) is 0 Å². The molecule has 0 aromatic heterocycles. The number of ketones is 1. The first-order chi connectivity index (χ1) is 6.77. The standard InChI is InChI=1S/C11H15NO2/c1-12-8-11(14)10-4-2-3-9(7-10)5-6-13/h2-4,7,12-13H,5-6,8H2,1H3. The van der Waals surface area contributed by atoms with Gasteiger partial charge in [0.2, 0.25) is 0 Å². The van der Waals surface area contributed by atoms with Crippen molar-refractivity contribution in [2.75, 3.05) is 20.2 Å². The van der Waals surface area contributed by atoms with Crippen LogP contribution in [0.25, 0.3) is 0 Å². The lowest BCUT2D eigenvalue weighted by molar-refractivity contribution is 0.0993. The number of benzene rings is 1. The van der Waals surface area contributed by atoms with Gasteiger partial charge < -0.3 is 10.4 Å². The third-order valence-electron chi connectivity index (χ3n) is 1.99. The second-order valence-electron chi connectivity index (χ2n) is 3.13. The minimum atomic E-state index is 0.0762. The van der Waals surface area contributed by atoms with E-state index in [-0.39, 0.29) is 12.4 Å². The lowest BCUT2D eigenvalue weighted by Gasteiger charge is -2.02. The maximum absolute atomic E-state index is 11.5. The number of aliphatic hydroxyl groups is 1. The van der Waals surface area contributed by atoms with Crippen molar-refractivity contribution in [2.45, 2.75) is 6.42 Å². The molecule has 0 atom stereocenters. The van der Waals surface area contributed by atoms with Crippen molar-refractivity contribution in [3.05, 3.63) is 35.4 Å². The van der Waals surface area contributed by atoms with Gasteiger partial charge in [0.1, 0.15) is 0 Å². The van der Waals surface area contributed by atoms with Crippen LogP contribution >= 0.6 is 0 Å². The number of rotatable bonds is 5. The summed E-state index contributed by atoms with van der Waals surface area (Å²) in [6.07, 6.45) is 0.598. The van der Waals surface area contributed by atoms with E-state index >= 15 is 0 Å². The highest BCUT2D eigenvalue weighted by molar-refractivity contribution is 5.97. The minimum Gasteiger partial charge on any atom is -0.396 e. The molecule has 0 fully saturated rings. The highest BCUT2D eigenvalue weighted by Crippen LogP contribution is 2.06. The predicted molar refractivity (Wildman–Crippen MR) is 55.5 cm³/mol. The molecule has 76 valence electrons. The molecule has 0 aliphatic rings. The number of carbonyl (C=O) groups is 1. The Morgan fingerprint density at radius 1 is 1.50 bits per heavy atom. The van der Waals surface area contributed by atoms with E-state index in [0.717, 1.165) is 5.56 Å². The number of aliphatic hydroxyl groups excluding tert-OH is 1. The van der Waals surface area contributed by atoms with E-state index in [1.807, 2.05) is 18.2 Å².